The summed E-state index contributed by atoms with van der Waals surface area (Å²) < 4.78 is 6.61. The topological polar surface area (TPSA) is 49.9 Å². The van der Waals surface area contributed by atoms with Crippen molar-refractivity contribution in [2.75, 3.05) is 13.6 Å². The van der Waals surface area contributed by atoms with Crippen LogP contribution in [-0.2, 0) is 16.1 Å². The maximum Gasteiger partial charge on any atom is 0.223 e. The molecule has 1 aliphatic heterocycles. The highest BCUT2D eigenvalue weighted by Gasteiger charge is 2.43. The molecule has 1 aromatic rings. The minimum atomic E-state index is -0.359. The zero-order valence-corrected chi connectivity index (χ0v) is 17.6. The van der Waals surface area contributed by atoms with Crippen molar-refractivity contribution in [2.45, 2.75) is 70.1 Å². The number of hydrogen-bond donors (Lipinski definition) is 0. The average molecular weight is 397 g/mol. The Morgan fingerprint density at radius 2 is 1.97 bits per heavy atom. The Balaban J connectivity index is 1.53. The summed E-state index contributed by atoms with van der Waals surface area (Å²) in [6, 6.07) is 8.37. The van der Waals surface area contributed by atoms with E-state index >= 15 is 0 Å². The van der Waals surface area contributed by atoms with Crippen LogP contribution in [-0.4, -0.2) is 46.8 Å². The van der Waals surface area contributed by atoms with Gasteiger partial charge < -0.3 is 14.5 Å². The van der Waals surface area contributed by atoms with Gasteiger partial charge >= 0.3 is 0 Å². The first-order chi connectivity index (χ1) is 14.0. The van der Waals surface area contributed by atoms with Crippen molar-refractivity contribution in [3.63, 3.8) is 0 Å². The fraction of sp³-hybridized carbons (Fsp3) is 0.583. The normalized spacial score (nSPS) is 28.6. The van der Waals surface area contributed by atoms with Gasteiger partial charge in [0.2, 0.25) is 11.8 Å². The fourth-order valence-corrected chi connectivity index (χ4v) is 5.04. The zero-order valence-electron chi connectivity index (χ0n) is 17.6. The number of carbonyl (C=O) groups is 2. The molecule has 1 atom stereocenters. The minimum absolute atomic E-state index is 0.111. The third kappa shape index (κ3) is 4.34. The number of para-hydroxylation sites is 1. The Morgan fingerprint density at radius 3 is 2.66 bits per heavy atom. The lowest BCUT2D eigenvalue weighted by Crippen LogP contribution is -2.52. The predicted molar refractivity (Wildman–Crippen MR) is 112 cm³/mol. The second-order valence-corrected chi connectivity index (χ2v) is 8.97. The van der Waals surface area contributed by atoms with E-state index in [2.05, 4.69) is 18.2 Å². The largest absolute Gasteiger partial charge is 0.485 e. The van der Waals surface area contributed by atoms with Crippen molar-refractivity contribution in [1.82, 2.24) is 9.80 Å². The second-order valence-electron chi connectivity index (χ2n) is 8.97. The third-order valence-corrected chi connectivity index (χ3v) is 6.95. The second kappa shape index (κ2) is 8.21. The van der Waals surface area contributed by atoms with Gasteiger partial charge in [0.05, 0.1) is 6.54 Å². The number of amides is 2. The summed E-state index contributed by atoms with van der Waals surface area (Å²) in [5.74, 6) is 1.61. The first-order valence-electron chi connectivity index (χ1n) is 10.9. The molecule has 0 N–H and O–H groups in total. The SMILES string of the molecule is CC(=O)N(C)C1CCC2(CC1)CN(C(=O)C[C@H]1C=CCC1)Cc1ccccc1O2. The number of allylic oxidation sites excluding steroid dienone is 2. The molecule has 0 aromatic heterocycles. The summed E-state index contributed by atoms with van der Waals surface area (Å²) in [7, 11) is 1.89. The number of carbonyl (C=O) groups excluding carboxylic acids is 2. The highest BCUT2D eigenvalue weighted by Crippen LogP contribution is 2.39. The van der Waals surface area contributed by atoms with Gasteiger partial charge in [0.25, 0.3) is 0 Å². The molecular formula is C24H32N2O3. The van der Waals surface area contributed by atoms with Gasteiger partial charge in [-0.25, -0.2) is 0 Å². The number of ether oxygens (including phenoxy) is 1. The van der Waals surface area contributed by atoms with Gasteiger partial charge in [-0.3, -0.25) is 9.59 Å². The van der Waals surface area contributed by atoms with Crippen LogP contribution >= 0.6 is 0 Å². The maximum atomic E-state index is 13.2. The molecule has 5 heteroatoms. The molecule has 29 heavy (non-hydrogen) atoms. The van der Waals surface area contributed by atoms with E-state index in [1.54, 1.807) is 6.92 Å². The molecule has 3 aliphatic rings. The molecule has 156 valence electrons. The maximum absolute atomic E-state index is 13.2. The van der Waals surface area contributed by atoms with Gasteiger partial charge in [0.15, 0.2) is 0 Å². The van der Waals surface area contributed by atoms with Crippen molar-refractivity contribution >= 4 is 11.8 Å². The molecule has 0 radical (unpaired) electrons. The van der Waals surface area contributed by atoms with Gasteiger partial charge in [-0.2, -0.15) is 0 Å². The Hall–Kier alpha value is -2.30. The number of nitrogens with zero attached hydrogens (tertiary/aromatic N) is 2. The van der Waals surface area contributed by atoms with E-state index in [0.29, 0.717) is 25.4 Å². The first-order valence-corrected chi connectivity index (χ1v) is 10.9. The fourth-order valence-electron chi connectivity index (χ4n) is 5.04. The smallest absolute Gasteiger partial charge is 0.223 e. The molecule has 1 aromatic carbocycles. The quantitative estimate of drug-likeness (QED) is 0.728. The Morgan fingerprint density at radius 1 is 1.21 bits per heavy atom. The van der Waals surface area contributed by atoms with Gasteiger partial charge in [-0.05, 0) is 50.5 Å². The lowest BCUT2D eigenvalue weighted by atomic mass is 9.81. The monoisotopic (exact) mass is 396 g/mol. The van der Waals surface area contributed by atoms with Crippen molar-refractivity contribution in [3.05, 3.63) is 42.0 Å². The van der Waals surface area contributed by atoms with Crippen molar-refractivity contribution < 1.29 is 14.3 Å². The van der Waals surface area contributed by atoms with Crippen LogP contribution in [0.1, 0.15) is 57.4 Å². The molecule has 2 aliphatic carbocycles. The van der Waals surface area contributed by atoms with Crippen LogP contribution in [0, 0.1) is 5.92 Å². The van der Waals surface area contributed by atoms with Crippen LogP contribution in [0.5, 0.6) is 5.75 Å². The van der Waals surface area contributed by atoms with Crippen LogP contribution < -0.4 is 4.74 Å². The Labute approximate surface area is 173 Å². The van der Waals surface area contributed by atoms with Gasteiger partial charge in [-0.15, -0.1) is 0 Å². The summed E-state index contributed by atoms with van der Waals surface area (Å²) in [5, 5.41) is 0. The van der Waals surface area contributed by atoms with Gasteiger partial charge in [0, 0.05) is 38.5 Å². The number of rotatable bonds is 3. The Kier molecular flexibility index (Phi) is 5.66. The van der Waals surface area contributed by atoms with Crippen LogP contribution in [0.25, 0.3) is 0 Å². The standard InChI is InChI=1S/C24H32N2O3/c1-18(27)25(2)21-11-13-24(14-12-21)17-26(23(28)15-19-7-3-4-8-19)16-20-9-5-6-10-22(20)29-24/h3,5-7,9-10,19,21H,4,8,11-17H2,1-2H3/t19-,21?,24?/m0/s1. The number of benzene rings is 1. The van der Waals surface area contributed by atoms with E-state index < -0.39 is 0 Å². The summed E-state index contributed by atoms with van der Waals surface area (Å²) in [6.07, 6.45) is 10.7. The summed E-state index contributed by atoms with van der Waals surface area (Å²) in [6.45, 7) is 2.87. The molecule has 1 saturated carbocycles. The van der Waals surface area contributed by atoms with E-state index in [9.17, 15) is 9.59 Å². The van der Waals surface area contributed by atoms with E-state index in [-0.39, 0.29) is 23.5 Å². The van der Waals surface area contributed by atoms with E-state index in [1.807, 2.05) is 35.0 Å². The van der Waals surface area contributed by atoms with Crippen LogP contribution in [0.15, 0.2) is 36.4 Å². The van der Waals surface area contributed by atoms with E-state index in [4.69, 9.17) is 4.74 Å². The molecule has 0 saturated heterocycles. The third-order valence-electron chi connectivity index (χ3n) is 6.95. The summed E-state index contributed by atoms with van der Waals surface area (Å²) >= 11 is 0. The van der Waals surface area contributed by atoms with Crippen LogP contribution in [0.4, 0.5) is 0 Å². The molecule has 0 unspecified atom stereocenters. The Bertz CT molecular complexity index is 795. The molecule has 5 nitrogen and oxygen atoms in total. The molecule has 1 spiro atoms. The average Bonchev–Trinajstić information content (AvgIpc) is 3.16. The number of hydrogen-bond acceptors (Lipinski definition) is 3. The lowest BCUT2D eigenvalue weighted by molar-refractivity contribution is -0.136. The van der Waals surface area contributed by atoms with Crippen molar-refractivity contribution in [2.24, 2.45) is 5.92 Å². The summed E-state index contributed by atoms with van der Waals surface area (Å²) in [4.78, 5) is 28.8. The minimum Gasteiger partial charge on any atom is -0.485 e. The van der Waals surface area contributed by atoms with Gasteiger partial charge in [-0.1, -0.05) is 30.4 Å². The van der Waals surface area contributed by atoms with E-state index in [1.165, 1.54) is 0 Å². The predicted octanol–water partition coefficient (Wildman–Crippen LogP) is 3.92. The highest BCUT2D eigenvalue weighted by molar-refractivity contribution is 5.77. The van der Waals surface area contributed by atoms with E-state index in [0.717, 1.165) is 49.8 Å². The molecular weight excluding hydrogens is 364 g/mol. The summed E-state index contributed by atoms with van der Waals surface area (Å²) in [5.41, 5.74) is 0.727. The first kappa shape index (κ1) is 20.0. The van der Waals surface area contributed by atoms with Crippen molar-refractivity contribution in [3.8, 4) is 5.75 Å². The molecule has 4 rings (SSSR count). The van der Waals surface area contributed by atoms with Gasteiger partial charge in [0.1, 0.15) is 11.4 Å². The number of fused-ring (bicyclic) bond motifs is 1. The van der Waals surface area contributed by atoms with Crippen molar-refractivity contribution in [1.29, 1.82) is 0 Å². The van der Waals surface area contributed by atoms with Crippen LogP contribution in [0.2, 0.25) is 0 Å². The molecule has 2 amide bonds. The van der Waals surface area contributed by atoms with Crippen LogP contribution in [0.3, 0.4) is 0 Å². The zero-order chi connectivity index (χ0) is 20.4. The molecule has 1 heterocycles. The highest BCUT2D eigenvalue weighted by atomic mass is 16.5. The molecule has 0 bridgehead atoms. The molecule has 1 fully saturated rings. The lowest BCUT2D eigenvalue weighted by Gasteiger charge is -2.43.